The predicted octanol–water partition coefficient (Wildman–Crippen LogP) is 0.124. The Balaban J connectivity index is 1.81. The van der Waals surface area contributed by atoms with E-state index in [1.807, 2.05) is 12.3 Å². The molecule has 0 fully saturated rings. The molecule has 0 aromatic carbocycles. The number of nitrogens with zero attached hydrogens (tertiary/aromatic N) is 3. The minimum atomic E-state index is -1.21. The highest BCUT2D eigenvalue weighted by Gasteiger charge is 2.18. The molecule has 0 atom stereocenters. The molecular formula is C11H13N5O3. The second kappa shape index (κ2) is 5.80. The van der Waals surface area contributed by atoms with Gasteiger partial charge in [0.25, 0.3) is 5.91 Å². The van der Waals surface area contributed by atoms with Crippen LogP contribution in [-0.4, -0.2) is 43.3 Å². The largest absolute Gasteiger partial charge is 0.477 e. The van der Waals surface area contributed by atoms with Crippen molar-refractivity contribution in [2.24, 2.45) is 0 Å². The van der Waals surface area contributed by atoms with Gasteiger partial charge in [-0.15, -0.1) is 0 Å². The molecule has 0 unspecified atom stereocenters. The molecule has 0 radical (unpaired) electrons. The van der Waals surface area contributed by atoms with Crippen LogP contribution in [0.4, 0.5) is 0 Å². The number of aromatic carboxylic acids is 1. The molecule has 0 saturated carbocycles. The van der Waals surface area contributed by atoms with Crippen molar-refractivity contribution < 1.29 is 14.7 Å². The zero-order chi connectivity index (χ0) is 13.7. The molecule has 8 nitrogen and oxygen atoms in total. The summed E-state index contributed by atoms with van der Waals surface area (Å²) in [5, 5.41) is 15.5. The van der Waals surface area contributed by atoms with E-state index in [1.54, 1.807) is 10.9 Å². The summed E-state index contributed by atoms with van der Waals surface area (Å²) in [5.74, 6) is -1.71. The topological polar surface area (TPSA) is 113 Å². The van der Waals surface area contributed by atoms with Crippen LogP contribution in [0.5, 0.6) is 0 Å². The van der Waals surface area contributed by atoms with Crippen molar-refractivity contribution in [1.29, 1.82) is 0 Å². The van der Waals surface area contributed by atoms with Gasteiger partial charge >= 0.3 is 5.97 Å². The summed E-state index contributed by atoms with van der Waals surface area (Å²) in [5.41, 5.74) is -0.309. The lowest BCUT2D eigenvalue weighted by atomic mass is 10.3. The highest BCUT2D eigenvalue weighted by Crippen LogP contribution is 2.02. The maximum atomic E-state index is 11.7. The van der Waals surface area contributed by atoms with E-state index in [9.17, 15) is 9.59 Å². The monoisotopic (exact) mass is 263 g/mol. The van der Waals surface area contributed by atoms with Crippen molar-refractivity contribution in [2.45, 2.75) is 13.0 Å². The van der Waals surface area contributed by atoms with Crippen molar-refractivity contribution >= 4 is 11.9 Å². The van der Waals surface area contributed by atoms with Crippen molar-refractivity contribution in [1.82, 2.24) is 25.1 Å². The van der Waals surface area contributed by atoms with Crippen LogP contribution in [0, 0.1) is 0 Å². The summed E-state index contributed by atoms with van der Waals surface area (Å²) in [6, 6.07) is 1.82. The van der Waals surface area contributed by atoms with Crippen LogP contribution in [0.3, 0.4) is 0 Å². The summed E-state index contributed by atoms with van der Waals surface area (Å²) < 4.78 is 1.75. The maximum absolute atomic E-state index is 11.7. The Morgan fingerprint density at radius 2 is 2.32 bits per heavy atom. The van der Waals surface area contributed by atoms with Crippen LogP contribution in [0.2, 0.25) is 0 Å². The van der Waals surface area contributed by atoms with Gasteiger partial charge in [0.15, 0.2) is 11.4 Å². The number of amides is 1. The van der Waals surface area contributed by atoms with Crippen molar-refractivity contribution in [2.75, 3.05) is 6.54 Å². The summed E-state index contributed by atoms with van der Waals surface area (Å²) in [7, 11) is 0. The van der Waals surface area contributed by atoms with Crippen molar-refractivity contribution in [3.8, 4) is 0 Å². The lowest BCUT2D eigenvalue weighted by Crippen LogP contribution is -2.27. The van der Waals surface area contributed by atoms with Crippen LogP contribution >= 0.6 is 0 Å². The number of carboxylic acids is 1. The molecule has 19 heavy (non-hydrogen) atoms. The number of hydrogen-bond donors (Lipinski definition) is 3. The Kier molecular flexibility index (Phi) is 3.91. The third kappa shape index (κ3) is 3.18. The second-order valence-electron chi connectivity index (χ2n) is 3.81. The highest BCUT2D eigenvalue weighted by atomic mass is 16.4. The first-order chi connectivity index (χ1) is 9.18. The predicted molar refractivity (Wildman–Crippen MR) is 64.7 cm³/mol. The molecule has 2 aromatic rings. The molecule has 0 spiro atoms. The van der Waals surface area contributed by atoms with Crippen molar-refractivity contribution in [3.63, 3.8) is 0 Å². The molecule has 2 rings (SSSR count). The Bertz CT molecular complexity index is 561. The number of aromatic amines is 1. The number of hydrogen-bond acceptors (Lipinski definition) is 4. The first-order valence-electron chi connectivity index (χ1n) is 5.71. The Morgan fingerprint density at radius 3 is 3.00 bits per heavy atom. The first-order valence-corrected chi connectivity index (χ1v) is 5.71. The summed E-state index contributed by atoms with van der Waals surface area (Å²) in [6.07, 6.45) is 5.39. The lowest BCUT2D eigenvalue weighted by molar-refractivity contribution is 0.0685. The third-order valence-corrected chi connectivity index (χ3v) is 2.48. The average Bonchev–Trinajstić information content (AvgIpc) is 3.04. The van der Waals surface area contributed by atoms with Gasteiger partial charge in [0.2, 0.25) is 0 Å². The summed E-state index contributed by atoms with van der Waals surface area (Å²) in [6.45, 7) is 1.10. The van der Waals surface area contributed by atoms with E-state index in [-0.39, 0.29) is 11.4 Å². The number of carboxylic acid groups (broad SMARTS) is 1. The Labute approximate surface area is 108 Å². The second-order valence-corrected chi connectivity index (χ2v) is 3.81. The van der Waals surface area contributed by atoms with E-state index >= 15 is 0 Å². The molecule has 100 valence electrons. The summed E-state index contributed by atoms with van der Waals surface area (Å²) >= 11 is 0. The van der Waals surface area contributed by atoms with E-state index in [1.165, 1.54) is 6.33 Å². The zero-order valence-corrected chi connectivity index (χ0v) is 10.0. The van der Waals surface area contributed by atoms with E-state index in [0.717, 1.165) is 0 Å². The number of H-pyrrole nitrogens is 1. The van der Waals surface area contributed by atoms with Gasteiger partial charge in [0.1, 0.15) is 0 Å². The number of carbonyl (C=O) groups excluding carboxylic acids is 1. The molecule has 0 aliphatic carbocycles. The minimum Gasteiger partial charge on any atom is -0.477 e. The maximum Gasteiger partial charge on any atom is 0.354 e. The van der Waals surface area contributed by atoms with E-state index in [0.29, 0.717) is 19.5 Å². The van der Waals surface area contributed by atoms with Crippen LogP contribution in [-0.2, 0) is 6.54 Å². The molecule has 0 bridgehead atoms. The molecule has 0 aliphatic rings. The SMILES string of the molecule is O=C(NCCCn1cccn1)c1nc[nH]c1C(=O)O. The molecule has 8 heteroatoms. The van der Waals surface area contributed by atoms with Crippen LogP contribution < -0.4 is 5.32 Å². The van der Waals surface area contributed by atoms with Gasteiger partial charge in [-0.3, -0.25) is 9.48 Å². The molecular weight excluding hydrogens is 250 g/mol. The average molecular weight is 263 g/mol. The fraction of sp³-hybridized carbons (Fsp3) is 0.273. The van der Waals surface area contributed by atoms with Crippen molar-refractivity contribution in [3.05, 3.63) is 36.2 Å². The van der Waals surface area contributed by atoms with Gasteiger partial charge in [-0.05, 0) is 12.5 Å². The zero-order valence-electron chi connectivity index (χ0n) is 10.0. The number of imidazole rings is 1. The number of aromatic nitrogens is 4. The fourth-order valence-corrected chi connectivity index (χ4v) is 1.59. The summed E-state index contributed by atoms with van der Waals surface area (Å²) in [4.78, 5) is 28.6. The van der Waals surface area contributed by atoms with Crippen LogP contribution in [0.25, 0.3) is 0 Å². The fourth-order valence-electron chi connectivity index (χ4n) is 1.59. The standard InChI is InChI=1S/C11H13N5O3/c17-10(8-9(11(18)19)14-7-13-8)12-3-1-5-16-6-2-4-15-16/h2,4,6-7H,1,3,5H2,(H,12,17)(H,13,14)(H,18,19). The van der Waals surface area contributed by atoms with Crippen LogP contribution in [0.1, 0.15) is 27.4 Å². The number of carbonyl (C=O) groups is 2. The van der Waals surface area contributed by atoms with Gasteiger partial charge in [0.05, 0.1) is 6.33 Å². The highest BCUT2D eigenvalue weighted by molar-refractivity contribution is 6.02. The third-order valence-electron chi connectivity index (χ3n) is 2.48. The number of nitrogens with one attached hydrogen (secondary N) is 2. The first kappa shape index (κ1) is 12.8. The minimum absolute atomic E-state index is 0.105. The van der Waals surface area contributed by atoms with E-state index in [2.05, 4.69) is 20.4 Å². The molecule has 2 heterocycles. The normalized spacial score (nSPS) is 10.3. The molecule has 0 aliphatic heterocycles. The lowest BCUT2D eigenvalue weighted by Gasteiger charge is -2.04. The number of aryl methyl sites for hydroxylation is 1. The molecule has 3 N–H and O–H groups in total. The quantitative estimate of drug-likeness (QED) is 0.641. The van der Waals surface area contributed by atoms with Gasteiger partial charge in [0, 0.05) is 25.5 Å². The van der Waals surface area contributed by atoms with Crippen LogP contribution in [0.15, 0.2) is 24.8 Å². The van der Waals surface area contributed by atoms with E-state index < -0.39 is 11.9 Å². The van der Waals surface area contributed by atoms with Gasteiger partial charge in [-0.25, -0.2) is 9.78 Å². The smallest absolute Gasteiger partial charge is 0.354 e. The number of rotatable bonds is 6. The molecule has 0 saturated heterocycles. The molecule has 1 amide bonds. The van der Waals surface area contributed by atoms with Gasteiger partial charge < -0.3 is 15.4 Å². The van der Waals surface area contributed by atoms with Gasteiger partial charge in [-0.1, -0.05) is 0 Å². The van der Waals surface area contributed by atoms with Gasteiger partial charge in [-0.2, -0.15) is 5.10 Å². The Morgan fingerprint density at radius 1 is 1.47 bits per heavy atom. The Hall–Kier alpha value is -2.64. The van der Waals surface area contributed by atoms with E-state index in [4.69, 9.17) is 5.11 Å². The molecule has 2 aromatic heterocycles.